The highest BCUT2D eigenvalue weighted by molar-refractivity contribution is 14.0. The van der Waals surface area contributed by atoms with Crippen LogP contribution in [0.3, 0.4) is 0 Å². The first-order valence-electron chi connectivity index (χ1n) is 8.23. The number of carbonyl (C=O) groups is 1. The van der Waals surface area contributed by atoms with Crippen LogP contribution in [0, 0.1) is 0 Å². The Bertz CT molecular complexity index is 598. The minimum Gasteiger partial charge on any atom is -0.368 e. The van der Waals surface area contributed by atoms with Crippen molar-refractivity contribution in [1.82, 2.24) is 15.1 Å². The molecular weight excluding hydrogens is 417 g/mol. The van der Waals surface area contributed by atoms with Crippen LogP contribution in [0.2, 0.25) is 0 Å². The third kappa shape index (κ3) is 4.31. The second-order valence-electron chi connectivity index (χ2n) is 6.10. The summed E-state index contributed by atoms with van der Waals surface area (Å²) >= 11 is 0. The van der Waals surface area contributed by atoms with E-state index in [0.29, 0.717) is 0 Å². The van der Waals surface area contributed by atoms with Gasteiger partial charge in [-0.05, 0) is 11.6 Å². The molecule has 1 N–H and O–H groups in total. The zero-order chi connectivity index (χ0) is 16.2. The molecule has 2 aliphatic heterocycles. The molecule has 0 bridgehead atoms. The molecule has 24 heavy (non-hydrogen) atoms. The summed E-state index contributed by atoms with van der Waals surface area (Å²) in [5, 5.41) is 3.44. The summed E-state index contributed by atoms with van der Waals surface area (Å²) in [7, 11) is 2.06. The highest BCUT2D eigenvalue weighted by Gasteiger charge is 2.20. The van der Waals surface area contributed by atoms with E-state index in [0.717, 1.165) is 51.8 Å². The molecule has 132 valence electrons. The number of carbonyl (C=O) groups excluding carboxylic acids is 1. The van der Waals surface area contributed by atoms with Gasteiger partial charge in [-0.25, -0.2) is 0 Å². The van der Waals surface area contributed by atoms with E-state index < -0.39 is 0 Å². The number of guanidine groups is 1. The molecule has 0 saturated carbocycles. The normalized spacial score (nSPS) is 17.4. The molecule has 0 radical (unpaired) electrons. The number of piperazine rings is 1. The van der Waals surface area contributed by atoms with Crippen LogP contribution in [0.4, 0.5) is 5.69 Å². The predicted molar refractivity (Wildman–Crippen MR) is 108 cm³/mol. The van der Waals surface area contributed by atoms with Gasteiger partial charge in [0.15, 0.2) is 5.96 Å². The summed E-state index contributed by atoms with van der Waals surface area (Å²) in [6.45, 7) is 7.64. The van der Waals surface area contributed by atoms with Crippen molar-refractivity contribution < 1.29 is 4.79 Å². The first kappa shape index (κ1) is 18.8. The van der Waals surface area contributed by atoms with E-state index in [1.807, 2.05) is 4.90 Å². The van der Waals surface area contributed by atoms with Crippen LogP contribution in [-0.4, -0.2) is 68.0 Å². The summed E-state index contributed by atoms with van der Waals surface area (Å²) in [6.07, 6.45) is 0. The Morgan fingerprint density at radius 1 is 1.17 bits per heavy atom. The zero-order valence-corrected chi connectivity index (χ0v) is 16.7. The number of rotatable bonds is 3. The Kier molecular flexibility index (Phi) is 6.70. The van der Waals surface area contributed by atoms with Gasteiger partial charge in [0, 0.05) is 58.9 Å². The van der Waals surface area contributed by atoms with Gasteiger partial charge in [0.1, 0.15) is 0 Å². The van der Waals surface area contributed by atoms with Crippen LogP contribution in [0.15, 0.2) is 29.3 Å². The second kappa shape index (κ2) is 8.55. The average molecular weight is 443 g/mol. The monoisotopic (exact) mass is 443 g/mol. The van der Waals surface area contributed by atoms with Crippen molar-refractivity contribution >= 4 is 41.5 Å². The Hall–Kier alpha value is -1.51. The number of nitrogens with one attached hydrogen (secondary N) is 1. The van der Waals surface area contributed by atoms with Crippen molar-refractivity contribution in [3.8, 4) is 0 Å². The SMILES string of the molecule is CC(=O)N1CCN(c2ccccc2CNC2=NCCN2C)CC1.I. The number of anilines is 1. The van der Waals surface area contributed by atoms with E-state index in [4.69, 9.17) is 0 Å². The molecule has 1 aromatic rings. The Balaban J connectivity index is 0.00000208. The summed E-state index contributed by atoms with van der Waals surface area (Å²) in [4.78, 5) is 22.4. The number of nitrogens with zero attached hydrogens (tertiary/aromatic N) is 4. The second-order valence-corrected chi connectivity index (χ2v) is 6.10. The minimum atomic E-state index is 0. The Morgan fingerprint density at radius 2 is 1.88 bits per heavy atom. The van der Waals surface area contributed by atoms with E-state index in [-0.39, 0.29) is 29.9 Å². The van der Waals surface area contributed by atoms with Gasteiger partial charge in [0.25, 0.3) is 0 Å². The maximum atomic E-state index is 11.5. The summed E-state index contributed by atoms with van der Waals surface area (Å²) in [5.41, 5.74) is 2.52. The van der Waals surface area contributed by atoms with Crippen molar-refractivity contribution in [1.29, 1.82) is 0 Å². The molecule has 1 amide bonds. The maximum absolute atomic E-state index is 11.5. The molecular formula is C17H26IN5O. The van der Waals surface area contributed by atoms with Gasteiger partial charge in [-0.3, -0.25) is 9.79 Å². The average Bonchev–Trinajstić information content (AvgIpc) is 2.98. The molecule has 0 unspecified atom stereocenters. The first-order valence-corrected chi connectivity index (χ1v) is 8.23. The molecule has 6 nitrogen and oxygen atoms in total. The highest BCUT2D eigenvalue weighted by atomic mass is 127. The van der Waals surface area contributed by atoms with E-state index >= 15 is 0 Å². The summed E-state index contributed by atoms with van der Waals surface area (Å²) in [5.74, 6) is 1.14. The number of benzene rings is 1. The Morgan fingerprint density at radius 3 is 2.50 bits per heavy atom. The zero-order valence-electron chi connectivity index (χ0n) is 14.4. The molecule has 3 rings (SSSR count). The topological polar surface area (TPSA) is 51.2 Å². The molecule has 0 spiro atoms. The molecule has 1 saturated heterocycles. The lowest BCUT2D eigenvalue weighted by atomic mass is 10.1. The lowest BCUT2D eigenvalue weighted by molar-refractivity contribution is -0.129. The molecule has 1 fully saturated rings. The molecule has 0 aromatic heterocycles. The van der Waals surface area contributed by atoms with Crippen molar-refractivity contribution in [2.24, 2.45) is 4.99 Å². The van der Waals surface area contributed by atoms with E-state index in [1.165, 1.54) is 11.3 Å². The van der Waals surface area contributed by atoms with Crippen LogP contribution >= 0.6 is 24.0 Å². The number of hydrogen-bond donors (Lipinski definition) is 1. The molecule has 7 heteroatoms. The minimum absolute atomic E-state index is 0. The molecule has 1 aromatic carbocycles. The number of halogens is 1. The Labute approximate surface area is 160 Å². The van der Waals surface area contributed by atoms with Crippen molar-refractivity contribution in [3.05, 3.63) is 29.8 Å². The van der Waals surface area contributed by atoms with Gasteiger partial charge in [0.05, 0.1) is 6.54 Å². The fourth-order valence-corrected chi connectivity index (χ4v) is 3.13. The van der Waals surface area contributed by atoms with Crippen LogP contribution in [-0.2, 0) is 11.3 Å². The number of para-hydroxylation sites is 1. The van der Waals surface area contributed by atoms with Crippen molar-refractivity contribution in [3.63, 3.8) is 0 Å². The van der Waals surface area contributed by atoms with Gasteiger partial charge in [-0.1, -0.05) is 18.2 Å². The van der Waals surface area contributed by atoms with Gasteiger partial charge < -0.3 is 20.0 Å². The lowest BCUT2D eigenvalue weighted by Gasteiger charge is -2.36. The van der Waals surface area contributed by atoms with Crippen LogP contribution < -0.4 is 10.2 Å². The standard InChI is InChI=1S/C17H25N5O.HI/c1-14(23)21-9-11-22(12-10-21)16-6-4-3-5-15(16)13-19-17-18-7-8-20(17)2;/h3-6H,7-13H2,1-2H3,(H,18,19);1H. The summed E-state index contributed by atoms with van der Waals surface area (Å²) < 4.78 is 0. The van der Waals surface area contributed by atoms with Crippen molar-refractivity contribution in [2.45, 2.75) is 13.5 Å². The van der Waals surface area contributed by atoms with Gasteiger partial charge in [-0.15, -0.1) is 24.0 Å². The van der Waals surface area contributed by atoms with Gasteiger partial charge >= 0.3 is 0 Å². The van der Waals surface area contributed by atoms with E-state index in [2.05, 4.69) is 51.4 Å². The fraction of sp³-hybridized carbons (Fsp3) is 0.529. The van der Waals surface area contributed by atoms with Gasteiger partial charge in [-0.2, -0.15) is 0 Å². The largest absolute Gasteiger partial charge is 0.368 e. The van der Waals surface area contributed by atoms with Gasteiger partial charge in [0.2, 0.25) is 5.91 Å². The number of likely N-dealkylation sites (N-methyl/N-ethyl adjacent to an activating group) is 1. The van der Waals surface area contributed by atoms with Crippen LogP contribution in [0.5, 0.6) is 0 Å². The molecule has 0 aliphatic carbocycles. The fourth-order valence-electron chi connectivity index (χ4n) is 3.13. The lowest BCUT2D eigenvalue weighted by Crippen LogP contribution is -2.48. The third-order valence-corrected chi connectivity index (χ3v) is 4.55. The van der Waals surface area contributed by atoms with E-state index in [1.54, 1.807) is 6.92 Å². The number of aliphatic imine (C=N–C) groups is 1. The number of hydrogen-bond acceptors (Lipinski definition) is 5. The maximum Gasteiger partial charge on any atom is 0.219 e. The molecule has 2 aliphatic rings. The molecule has 0 atom stereocenters. The highest BCUT2D eigenvalue weighted by Crippen LogP contribution is 2.22. The van der Waals surface area contributed by atoms with Crippen LogP contribution in [0.25, 0.3) is 0 Å². The predicted octanol–water partition coefficient (Wildman–Crippen LogP) is 1.36. The molecule has 2 heterocycles. The van der Waals surface area contributed by atoms with Crippen LogP contribution in [0.1, 0.15) is 12.5 Å². The first-order chi connectivity index (χ1) is 11.1. The third-order valence-electron chi connectivity index (χ3n) is 4.55. The summed E-state index contributed by atoms with van der Waals surface area (Å²) in [6, 6.07) is 8.48. The van der Waals surface area contributed by atoms with Crippen molar-refractivity contribution in [2.75, 3.05) is 51.2 Å². The van der Waals surface area contributed by atoms with E-state index in [9.17, 15) is 4.79 Å². The quantitative estimate of drug-likeness (QED) is 0.718. The smallest absolute Gasteiger partial charge is 0.219 e. The number of amides is 1.